The topological polar surface area (TPSA) is 15.3 Å². The average molecular weight is 226 g/mol. The van der Waals surface area contributed by atoms with Crippen molar-refractivity contribution >= 4 is 0 Å². The van der Waals surface area contributed by atoms with E-state index in [-0.39, 0.29) is 0 Å². The highest BCUT2D eigenvalue weighted by Gasteiger charge is 2.20. The van der Waals surface area contributed by atoms with Crippen LogP contribution in [0.2, 0.25) is 0 Å². The van der Waals surface area contributed by atoms with Gasteiger partial charge in [0.25, 0.3) is 0 Å². The largest absolute Gasteiger partial charge is 0.315 e. The van der Waals surface area contributed by atoms with Crippen LogP contribution >= 0.6 is 0 Å². The van der Waals surface area contributed by atoms with Gasteiger partial charge in [-0.3, -0.25) is 0 Å². The zero-order valence-electron chi connectivity index (χ0n) is 11.5. The van der Waals surface area contributed by atoms with E-state index in [1.54, 1.807) is 0 Å². The van der Waals surface area contributed by atoms with Crippen LogP contribution in [0.4, 0.5) is 0 Å². The molecule has 0 aromatic heterocycles. The summed E-state index contributed by atoms with van der Waals surface area (Å²) in [5.74, 6) is 0.895. The van der Waals surface area contributed by atoms with Gasteiger partial charge in [-0.1, -0.05) is 33.1 Å². The smallest absolute Gasteiger partial charge is 0.0218 e. The lowest BCUT2D eigenvalue weighted by Crippen LogP contribution is -2.37. The van der Waals surface area contributed by atoms with Crippen LogP contribution in [0, 0.1) is 5.92 Å². The van der Waals surface area contributed by atoms with E-state index >= 15 is 0 Å². The molecule has 0 aromatic rings. The maximum Gasteiger partial charge on any atom is 0.0218 e. The fraction of sp³-hybridized carbons (Fsp3) is 1.00. The third-order valence-electron chi connectivity index (χ3n) is 4.03. The zero-order chi connectivity index (χ0) is 11.8. The third-order valence-corrected chi connectivity index (χ3v) is 4.03. The Morgan fingerprint density at radius 3 is 2.75 bits per heavy atom. The number of likely N-dealkylation sites (N-methyl/N-ethyl adjacent to an activating group) is 1. The monoisotopic (exact) mass is 226 g/mol. The summed E-state index contributed by atoms with van der Waals surface area (Å²) in [5, 5.41) is 3.68. The molecule has 1 aliphatic heterocycles. The molecule has 1 rings (SSSR count). The summed E-state index contributed by atoms with van der Waals surface area (Å²) in [6.07, 6.45) is 8.23. The molecule has 96 valence electrons. The summed E-state index contributed by atoms with van der Waals surface area (Å²) in [7, 11) is 2.26. The fourth-order valence-electron chi connectivity index (χ4n) is 2.63. The van der Waals surface area contributed by atoms with Gasteiger partial charge >= 0.3 is 0 Å². The van der Waals surface area contributed by atoms with Crippen molar-refractivity contribution in [2.45, 2.75) is 58.4 Å². The van der Waals surface area contributed by atoms with Crippen LogP contribution < -0.4 is 5.32 Å². The van der Waals surface area contributed by atoms with Gasteiger partial charge in [0.05, 0.1) is 0 Å². The molecule has 1 aliphatic rings. The van der Waals surface area contributed by atoms with Gasteiger partial charge in [-0.2, -0.15) is 0 Å². The van der Waals surface area contributed by atoms with Crippen LogP contribution in [-0.4, -0.2) is 37.6 Å². The number of hydrogen-bond acceptors (Lipinski definition) is 2. The van der Waals surface area contributed by atoms with Crippen molar-refractivity contribution in [2.24, 2.45) is 5.92 Å². The van der Waals surface area contributed by atoms with E-state index in [2.05, 4.69) is 31.1 Å². The van der Waals surface area contributed by atoms with Crippen LogP contribution in [-0.2, 0) is 0 Å². The van der Waals surface area contributed by atoms with E-state index in [1.807, 2.05) is 0 Å². The molecule has 0 radical (unpaired) electrons. The van der Waals surface area contributed by atoms with Crippen molar-refractivity contribution in [1.29, 1.82) is 0 Å². The van der Waals surface area contributed by atoms with Crippen molar-refractivity contribution in [2.75, 3.05) is 26.7 Å². The Kier molecular flexibility index (Phi) is 7.06. The summed E-state index contributed by atoms with van der Waals surface area (Å²) in [6.45, 7) is 8.32. The minimum Gasteiger partial charge on any atom is -0.315 e. The van der Waals surface area contributed by atoms with E-state index < -0.39 is 0 Å². The van der Waals surface area contributed by atoms with Gasteiger partial charge in [-0.05, 0) is 45.3 Å². The second kappa shape index (κ2) is 8.08. The van der Waals surface area contributed by atoms with E-state index in [1.165, 1.54) is 58.2 Å². The van der Waals surface area contributed by atoms with Crippen LogP contribution in [0.1, 0.15) is 52.4 Å². The predicted octanol–water partition coefficient (Wildman–Crippen LogP) is 2.89. The molecule has 2 unspecified atom stereocenters. The molecule has 1 N–H and O–H groups in total. The first-order valence-corrected chi connectivity index (χ1v) is 7.18. The molecule has 0 bridgehead atoms. The number of hydrogen-bond donors (Lipinski definition) is 1. The second-order valence-electron chi connectivity index (χ2n) is 5.35. The zero-order valence-corrected chi connectivity index (χ0v) is 11.5. The Morgan fingerprint density at radius 2 is 2.19 bits per heavy atom. The molecule has 2 heteroatoms. The van der Waals surface area contributed by atoms with Crippen LogP contribution in [0.3, 0.4) is 0 Å². The second-order valence-corrected chi connectivity index (χ2v) is 5.35. The van der Waals surface area contributed by atoms with Crippen molar-refractivity contribution < 1.29 is 0 Å². The highest BCUT2D eigenvalue weighted by Crippen LogP contribution is 2.14. The standard InChI is InChI=1S/C14H30N2/c1-4-6-8-13(5-2)11-15-12-14-9-7-10-16(14)3/h13-15H,4-12H2,1-3H3. The first-order chi connectivity index (χ1) is 7.77. The quantitative estimate of drug-likeness (QED) is 0.684. The van der Waals surface area contributed by atoms with Gasteiger partial charge in [-0.25, -0.2) is 0 Å². The minimum atomic E-state index is 0.795. The van der Waals surface area contributed by atoms with Crippen LogP contribution in [0.15, 0.2) is 0 Å². The Labute approximate surface area is 102 Å². The molecule has 1 fully saturated rings. The number of likely N-dealkylation sites (tertiary alicyclic amines) is 1. The molecule has 0 saturated carbocycles. The lowest BCUT2D eigenvalue weighted by atomic mass is 9.99. The Bertz CT molecular complexity index is 170. The fourth-order valence-corrected chi connectivity index (χ4v) is 2.63. The minimum absolute atomic E-state index is 0.795. The molecule has 0 aromatic carbocycles. The first kappa shape index (κ1) is 14.0. The highest BCUT2D eigenvalue weighted by molar-refractivity contribution is 4.78. The van der Waals surface area contributed by atoms with Crippen LogP contribution in [0.25, 0.3) is 0 Å². The van der Waals surface area contributed by atoms with E-state index in [4.69, 9.17) is 0 Å². The molecule has 1 saturated heterocycles. The highest BCUT2D eigenvalue weighted by atomic mass is 15.2. The van der Waals surface area contributed by atoms with E-state index in [9.17, 15) is 0 Å². The lowest BCUT2D eigenvalue weighted by molar-refractivity contribution is 0.292. The van der Waals surface area contributed by atoms with Gasteiger partial charge < -0.3 is 10.2 Å². The maximum absolute atomic E-state index is 3.68. The van der Waals surface area contributed by atoms with E-state index in [0.29, 0.717) is 0 Å². The molecule has 16 heavy (non-hydrogen) atoms. The summed E-state index contributed by atoms with van der Waals surface area (Å²) in [4.78, 5) is 2.50. The molecule has 1 heterocycles. The lowest BCUT2D eigenvalue weighted by Gasteiger charge is -2.22. The van der Waals surface area contributed by atoms with Crippen molar-refractivity contribution in [3.05, 3.63) is 0 Å². The molecular formula is C14H30N2. The van der Waals surface area contributed by atoms with Crippen molar-refractivity contribution in [3.63, 3.8) is 0 Å². The summed E-state index contributed by atoms with van der Waals surface area (Å²) in [6, 6.07) is 0.795. The molecule has 2 atom stereocenters. The van der Waals surface area contributed by atoms with Crippen molar-refractivity contribution in [3.8, 4) is 0 Å². The summed E-state index contributed by atoms with van der Waals surface area (Å²) in [5.41, 5.74) is 0. The molecule has 0 amide bonds. The number of rotatable bonds is 8. The SMILES string of the molecule is CCCCC(CC)CNCC1CCCN1C. The Balaban J connectivity index is 2.08. The van der Waals surface area contributed by atoms with Crippen molar-refractivity contribution in [1.82, 2.24) is 10.2 Å². The molecule has 2 nitrogen and oxygen atoms in total. The third kappa shape index (κ3) is 4.84. The first-order valence-electron chi connectivity index (χ1n) is 7.18. The molecular weight excluding hydrogens is 196 g/mol. The summed E-state index contributed by atoms with van der Waals surface area (Å²) >= 11 is 0. The van der Waals surface area contributed by atoms with Gasteiger partial charge in [0, 0.05) is 12.6 Å². The van der Waals surface area contributed by atoms with Gasteiger partial charge in [0.1, 0.15) is 0 Å². The van der Waals surface area contributed by atoms with E-state index in [0.717, 1.165) is 12.0 Å². The van der Waals surface area contributed by atoms with Gasteiger partial charge in [0.15, 0.2) is 0 Å². The van der Waals surface area contributed by atoms with Gasteiger partial charge in [0.2, 0.25) is 0 Å². The predicted molar refractivity (Wildman–Crippen MR) is 71.8 cm³/mol. The Morgan fingerprint density at radius 1 is 1.38 bits per heavy atom. The average Bonchev–Trinajstić information content (AvgIpc) is 2.69. The normalized spacial score (nSPS) is 23.8. The Hall–Kier alpha value is -0.0800. The molecule has 0 spiro atoms. The summed E-state index contributed by atoms with van der Waals surface area (Å²) < 4.78 is 0. The molecule has 0 aliphatic carbocycles. The van der Waals surface area contributed by atoms with Crippen LogP contribution in [0.5, 0.6) is 0 Å². The number of nitrogens with one attached hydrogen (secondary N) is 1. The number of nitrogens with zero attached hydrogens (tertiary/aromatic N) is 1. The maximum atomic E-state index is 3.68. The van der Waals surface area contributed by atoms with Gasteiger partial charge in [-0.15, -0.1) is 0 Å². The number of unbranched alkanes of at least 4 members (excludes halogenated alkanes) is 1.